The Morgan fingerprint density at radius 2 is 1.88 bits per heavy atom. The van der Waals surface area contributed by atoms with Crippen LogP contribution in [0.3, 0.4) is 0 Å². The van der Waals surface area contributed by atoms with E-state index in [4.69, 9.17) is 5.73 Å². The van der Waals surface area contributed by atoms with E-state index in [-0.39, 0.29) is 23.2 Å². The molecule has 3 atom stereocenters. The van der Waals surface area contributed by atoms with Gasteiger partial charge in [0.2, 0.25) is 5.95 Å². The molecule has 0 amide bonds. The van der Waals surface area contributed by atoms with Gasteiger partial charge in [-0.05, 0) is 30.3 Å². The maximum absolute atomic E-state index is 14.3. The van der Waals surface area contributed by atoms with Crippen LogP contribution >= 0.6 is 0 Å². The Morgan fingerprint density at radius 1 is 1.09 bits per heavy atom. The van der Waals surface area contributed by atoms with Gasteiger partial charge in [0.05, 0.1) is 46.6 Å². The zero-order valence-corrected chi connectivity index (χ0v) is 17.9. The lowest BCUT2D eigenvalue weighted by Gasteiger charge is -2.40. The van der Waals surface area contributed by atoms with Crippen molar-refractivity contribution < 1.29 is 13.9 Å². The van der Waals surface area contributed by atoms with Gasteiger partial charge in [-0.15, -0.1) is 0 Å². The molecule has 0 spiro atoms. The fourth-order valence-electron chi connectivity index (χ4n) is 4.24. The third kappa shape index (κ3) is 3.87. The summed E-state index contributed by atoms with van der Waals surface area (Å²) >= 11 is 0. The zero-order valence-electron chi connectivity index (χ0n) is 17.9. The molecular weight excluding hydrogens is 428 g/mol. The second-order valence-corrected chi connectivity index (χ2v) is 8.29. The number of nitrogens with zero attached hydrogens (tertiary/aromatic N) is 5. The molecule has 4 aromatic rings. The summed E-state index contributed by atoms with van der Waals surface area (Å²) in [6.07, 6.45) is 4.40. The van der Waals surface area contributed by atoms with E-state index >= 15 is 0 Å². The van der Waals surface area contributed by atoms with E-state index in [1.165, 1.54) is 22.7 Å². The standard InChI is InChI=1S/C23H23F2N7O/c1-13-11-31(12-17(26)22(13)33)20-7-8-27-10-19(20)29-23-28-9-14-5-6-18(30-32(14)23)21-15(24)3-2-4-16(21)25/h2-10,13,17,22,33H,11-12,26H2,1H3,(H,28,29)/t13-,17-,22-/m0/s1. The molecule has 0 saturated carbocycles. The average molecular weight is 451 g/mol. The minimum absolute atomic E-state index is 0.00177. The topological polar surface area (TPSA) is 105 Å². The molecule has 1 saturated heterocycles. The third-order valence-electron chi connectivity index (χ3n) is 5.95. The van der Waals surface area contributed by atoms with E-state index in [1.807, 2.05) is 13.0 Å². The lowest BCUT2D eigenvalue weighted by atomic mass is 9.92. The monoisotopic (exact) mass is 451 g/mol. The number of aromatic nitrogens is 4. The number of hydrogen-bond acceptors (Lipinski definition) is 7. The number of piperidine rings is 1. The van der Waals surface area contributed by atoms with Crippen molar-refractivity contribution in [2.45, 2.75) is 19.1 Å². The molecule has 0 aliphatic carbocycles. The van der Waals surface area contributed by atoms with Crippen molar-refractivity contribution in [3.63, 3.8) is 0 Å². The zero-order chi connectivity index (χ0) is 23.1. The first-order chi connectivity index (χ1) is 15.9. The lowest BCUT2D eigenvalue weighted by Crippen LogP contribution is -2.55. The first-order valence-corrected chi connectivity index (χ1v) is 10.6. The van der Waals surface area contributed by atoms with Gasteiger partial charge in [-0.2, -0.15) is 9.61 Å². The molecule has 4 heterocycles. The molecule has 1 fully saturated rings. The normalized spacial score (nSPS) is 20.9. The molecule has 0 radical (unpaired) electrons. The number of nitrogens with two attached hydrogens (primary N) is 1. The number of hydrogen-bond donors (Lipinski definition) is 3. The molecule has 33 heavy (non-hydrogen) atoms. The first kappa shape index (κ1) is 21.2. The number of anilines is 3. The summed E-state index contributed by atoms with van der Waals surface area (Å²) in [6, 6.07) is 8.45. The maximum atomic E-state index is 14.3. The van der Waals surface area contributed by atoms with Crippen molar-refractivity contribution in [3.05, 3.63) is 66.6 Å². The van der Waals surface area contributed by atoms with Crippen LogP contribution in [0.25, 0.3) is 16.8 Å². The summed E-state index contributed by atoms with van der Waals surface area (Å²) in [5.41, 5.74) is 8.27. The van der Waals surface area contributed by atoms with E-state index in [2.05, 4.69) is 25.3 Å². The van der Waals surface area contributed by atoms with Crippen molar-refractivity contribution >= 4 is 22.8 Å². The van der Waals surface area contributed by atoms with Gasteiger partial charge >= 0.3 is 0 Å². The minimum atomic E-state index is -0.691. The number of halogens is 2. The molecule has 1 aliphatic rings. The van der Waals surface area contributed by atoms with Gasteiger partial charge < -0.3 is 21.1 Å². The van der Waals surface area contributed by atoms with Gasteiger partial charge in [-0.1, -0.05) is 13.0 Å². The molecule has 3 aromatic heterocycles. The van der Waals surface area contributed by atoms with E-state index in [9.17, 15) is 13.9 Å². The SMILES string of the molecule is C[C@H]1CN(c2ccncc2Nc2ncc3ccc(-c4c(F)cccc4F)nn23)C[C@H](N)[C@H]1O. The second kappa shape index (κ2) is 8.38. The van der Waals surface area contributed by atoms with Gasteiger partial charge in [0.25, 0.3) is 0 Å². The molecule has 0 unspecified atom stereocenters. The van der Waals surface area contributed by atoms with Crippen LogP contribution in [0.2, 0.25) is 0 Å². The summed E-state index contributed by atoms with van der Waals surface area (Å²) in [7, 11) is 0. The number of imidazole rings is 1. The Hall–Kier alpha value is -3.63. The largest absolute Gasteiger partial charge is 0.391 e. The molecule has 5 rings (SSSR count). The molecule has 10 heteroatoms. The highest BCUT2D eigenvalue weighted by molar-refractivity contribution is 5.74. The smallest absolute Gasteiger partial charge is 0.229 e. The molecule has 0 bridgehead atoms. The summed E-state index contributed by atoms with van der Waals surface area (Å²) in [5, 5.41) is 17.9. The number of pyridine rings is 1. The fraction of sp³-hybridized carbons (Fsp3) is 0.261. The summed E-state index contributed by atoms with van der Waals surface area (Å²) < 4.78 is 30.1. The van der Waals surface area contributed by atoms with Crippen LogP contribution in [0.1, 0.15) is 6.92 Å². The molecular formula is C23H23F2N7O. The van der Waals surface area contributed by atoms with E-state index in [0.29, 0.717) is 30.2 Å². The predicted octanol–water partition coefficient (Wildman–Crippen LogP) is 2.96. The van der Waals surface area contributed by atoms with Gasteiger partial charge in [-0.25, -0.2) is 13.8 Å². The van der Waals surface area contributed by atoms with Gasteiger partial charge in [0.15, 0.2) is 0 Å². The van der Waals surface area contributed by atoms with Crippen LogP contribution in [-0.2, 0) is 0 Å². The minimum Gasteiger partial charge on any atom is -0.391 e. The van der Waals surface area contributed by atoms with Gasteiger partial charge in [0.1, 0.15) is 11.6 Å². The summed E-state index contributed by atoms with van der Waals surface area (Å²) in [6.45, 7) is 3.08. The number of fused-ring (bicyclic) bond motifs is 1. The number of aliphatic hydroxyl groups excluding tert-OH is 1. The fourth-order valence-corrected chi connectivity index (χ4v) is 4.24. The van der Waals surface area contributed by atoms with Crippen molar-refractivity contribution in [1.82, 2.24) is 19.6 Å². The Bertz CT molecular complexity index is 1280. The summed E-state index contributed by atoms with van der Waals surface area (Å²) in [4.78, 5) is 10.7. The highest BCUT2D eigenvalue weighted by Gasteiger charge is 2.31. The van der Waals surface area contributed by atoms with E-state index in [1.54, 1.807) is 30.7 Å². The van der Waals surface area contributed by atoms with Crippen LogP contribution in [0.5, 0.6) is 0 Å². The lowest BCUT2D eigenvalue weighted by molar-refractivity contribution is 0.0785. The van der Waals surface area contributed by atoms with Crippen molar-refractivity contribution in [2.75, 3.05) is 23.3 Å². The van der Waals surface area contributed by atoms with Gasteiger partial charge in [0, 0.05) is 31.2 Å². The van der Waals surface area contributed by atoms with Crippen molar-refractivity contribution in [2.24, 2.45) is 11.7 Å². The van der Waals surface area contributed by atoms with E-state index < -0.39 is 17.7 Å². The predicted molar refractivity (Wildman–Crippen MR) is 121 cm³/mol. The van der Waals surface area contributed by atoms with Crippen molar-refractivity contribution in [3.8, 4) is 11.3 Å². The van der Waals surface area contributed by atoms with Crippen LogP contribution in [0.4, 0.5) is 26.1 Å². The third-order valence-corrected chi connectivity index (χ3v) is 5.95. The molecule has 1 aliphatic heterocycles. The van der Waals surface area contributed by atoms with Crippen molar-refractivity contribution in [1.29, 1.82) is 0 Å². The van der Waals surface area contributed by atoms with Crippen LogP contribution in [0.15, 0.2) is 55.0 Å². The highest BCUT2D eigenvalue weighted by Crippen LogP contribution is 2.31. The number of rotatable bonds is 4. The Morgan fingerprint density at radius 3 is 2.64 bits per heavy atom. The van der Waals surface area contributed by atoms with Gasteiger partial charge in [-0.3, -0.25) is 4.98 Å². The number of nitrogens with one attached hydrogen (secondary N) is 1. The molecule has 170 valence electrons. The second-order valence-electron chi connectivity index (χ2n) is 8.29. The van der Waals surface area contributed by atoms with Crippen LogP contribution in [0, 0.1) is 17.6 Å². The maximum Gasteiger partial charge on any atom is 0.229 e. The number of benzene rings is 1. The Kier molecular flexibility index (Phi) is 5.39. The van der Waals surface area contributed by atoms with E-state index in [0.717, 1.165) is 5.69 Å². The summed E-state index contributed by atoms with van der Waals surface area (Å²) in [5.74, 6) is -1.01. The number of aliphatic hydroxyl groups is 1. The molecule has 1 aromatic carbocycles. The Labute approximate surface area is 188 Å². The quantitative estimate of drug-likeness (QED) is 0.438. The average Bonchev–Trinajstić information content (AvgIpc) is 3.19. The molecule has 8 nitrogen and oxygen atoms in total. The van der Waals surface area contributed by atoms with Crippen LogP contribution < -0.4 is 16.0 Å². The molecule has 4 N–H and O–H groups in total. The van der Waals surface area contributed by atoms with Crippen LogP contribution in [-0.4, -0.2) is 49.9 Å². The highest BCUT2D eigenvalue weighted by atomic mass is 19.1. The Balaban J connectivity index is 1.51. The first-order valence-electron chi connectivity index (χ1n) is 10.6.